The molecule has 2 aromatic rings. The van der Waals surface area contributed by atoms with E-state index in [4.69, 9.17) is 4.42 Å². The summed E-state index contributed by atoms with van der Waals surface area (Å²) in [6.45, 7) is 4.49. The van der Waals surface area contributed by atoms with E-state index in [1.54, 1.807) is 11.9 Å². The molecule has 0 spiro atoms. The first-order valence-corrected chi connectivity index (χ1v) is 8.72. The van der Waals surface area contributed by atoms with Gasteiger partial charge in [0.2, 0.25) is 11.8 Å². The molecular formula is C19H21N3O4. The molecule has 1 atom stereocenters. The van der Waals surface area contributed by atoms with Crippen LogP contribution in [-0.2, 0) is 16.1 Å². The highest BCUT2D eigenvalue weighted by molar-refractivity contribution is 5.95. The first-order chi connectivity index (χ1) is 12.4. The van der Waals surface area contributed by atoms with Crippen LogP contribution in [0.25, 0.3) is 11.0 Å². The molecule has 7 heteroatoms. The summed E-state index contributed by atoms with van der Waals surface area (Å²) >= 11 is 0. The van der Waals surface area contributed by atoms with Crippen LogP contribution < -0.4 is 5.63 Å². The molecule has 136 valence electrons. The number of amides is 2. The number of piperazine rings is 2. The van der Waals surface area contributed by atoms with Crippen LogP contribution in [0.4, 0.5) is 0 Å². The third-order valence-corrected chi connectivity index (χ3v) is 5.24. The molecule has 2 aliphatic rings. The summed E-state index contributed by atoms with van der Waals surface area (Å²) in [5.74, 6) is 0.00846. The first kappa shape index (κ1) is 16.8. The average molecular weight is 355 g/mol. The van der Waals surface area contributed by atoms with Gasteiger partial charge in [-0.15, -0.1) is 0 Å². The van der Waals surface area contributed by atoms with Crippen LogP contribution in [0.3, 0.4) is 0 Å². The molecular weight excluding hydrogens is 334 g/mol. The molecule has 0 N–H and O–H groups in total. The minimum absolute atomic E-state index is 0.00515. The summed E-state index contributed by atoms with van der Waals surface area (Å²) in [6, 6.07) is 6.94. The SMILES string of the molecule is Cc1cc(=O)oc2cc(CN3CCN4C(=O)CN(C)C(=O)[C@@H]4C3)ccc12. The van der Waals surface area contributed by atoms with E-state index in [2.05, 4.69) is 4.90 Å². The summed E-state index contributed by atoms with van der Waals surface area (Å²) in [6.07, 6.45) is 0. The zero-order valence-electron chi connectivity index (χ0n) is 14.9. The maximum atomic E-state index is 12.4. The number of fused-ring (bicyclic) bond motifs is 2. The largest absolute Gasteiger partial charge is 0.423 e. The number of carbonyl (C=O) groups excluding carboxylic acids is 2. The standard InChI is InChI=1S/C19H21N3O4/c1-12-7-18(24)26-16-8-13(3-4-14(12)16)9-21-5-6-22-15(10-21)19(25)20(2)11-17(22)23/h3-4,7-8,15H,5-6,9-11H2,1-2H3/t15-/m0/s1. The molecule has 2 fully saturated rings. The van der Waals surface area contributed by atoms with E-state index < -0.39 is 6.04 Å². The monoisotopic (exact) mass is 355 g/mol. The van der Waals surface area contributed by atoms with Gasteiger partial charge in [-0.3, -0.25) is 14.5 Å². The number of aryl methyl sites for hydroxylation is 1. The van der Waals surface area contributed by atoms with Gasteiger partial charge in [-0.25, -0.2) is 4.79 Å². The van der Waals surface area contributed by atoms with E-state index in [9.17, 15) is 14.4 Å². The molecule has 0 aliphatic carbocycles. The van der Waals surface area contributed by atoms with Crippen molar-refractivity contribution in [3.63, 3.8) is 0 Å². The lowest BCUT2D eigenvalue weighted by atomic mass is 10.1. The van der Waals surface area contributed by atoms with Crippen molar-refractivity contribution in [1.29, 1.82) is 0 Å². The number of rotatable bonds is 2. The Hall–Kier alpha value is -2.67. The molecule has 1 aromatic carbocycles. The van der Waals surface area contributed by atoms with Crippen molar-refractivity contribution in [2.45, 2.75) is 19.5 Å². The molecule has 1 aromatic heterocycles. The van der Waals surface area contributed by atoms with Gasteiger partial charge in [0.25, 0.3) is 0 Å². The van der Waals surface area contributed by atoms with E-state index in [1.165, 1.54) is 11.0 Å². The molecule has 0 radical (unpaired) electrons. The molecule has 0 saturated carbocycles. The van der Waals surface area contributed by atoms with Crippen LogP contribution >= 0.6 is 0 Å². The quantitative estimate of drug-likeness (QED) is 0.737. The van der Waals surface area contributed by atoms with Crippen molar-refractivity contribution in [1.82, 2.24) is 14.7 Å². The molecule has 2 amide bonds. The van der Waals surface area contributed by atoms with Crippen LogP contribution in [0.5, 0.6) is 0 Å². The number of hydrogen-bond donors (Lipinski definition) is 0. The van der Waals surface area contributed by atoms with Crippen molar-refractivity contribution in [3.8, 4) is 0 Å². The Morgan fingerprint density at radius 2 is 1.96 bits per heavy atom. The minimum atomic E-state index is -0.407. The first-order valence-electron chi connectivity index (χ1n) is 8.72. The molecule has 26 heavy (non-hydrogen) atoms. The Kier molecular flexibility index (Phi) is 4.03. The third-order valence-electron chi connectivity index (χ3n) is 5.24. The Labute approximate surface area is 150 Å². The summed E-state index contributed by atoms with van der Waals surface area (Å²) in [5, 5.41) is 0.924. The Bertz CT molecular complexity index is 951. The zero-order valence-corrected chi connectivity index (χ0v) is 14.9. The molecule has 2 aliphatic heterocycles. The number of hydrogen-bond acceptors (Lipinski definition) is 5. The fourth-order valence-electron chi connectivity index (χ4n) is 3.84. The molecule has 7 nitrogen and oxygen atoms in total. The topological polar surface area (TPSA) is 74.1 Å². The van der Waals surface area contributed by atoms with Gasteiger partial charge >= 0.3 is 5.63 Å². The van der Waals surface area contributed by atoms with E-state index >= 15 is 0 Å². The fourth-order valence-corrected chi connectivity index (χ4v) is 3.84. The highest BCUT2D eigenvalue weighted by Gasteiger charge is 2.41. The molecule has 0 bridgehead atoms. The van der Waals surface area contributed by atoms with Crippen LogP contribution in [0, 0.1) is 6.92 Å². The molecule has 4 rings (SSSR count). The third kappa shape index (κ3) is 2.88. The molecule has 0 unspecified atom stereocenters. The Morgan fingerprint density at radius 3 is 2.77 bits per heavy atom. The van der Waals surface area contributed by atoms with E-state index in [0.717, 1.165) is 23.1 Å². The van der Waals surface area contributed by atoms with Crippen LogP contribution in [0.1, 0.15) is 11.1 Å². The Balaban J connectivity index is 1.55. The highest BCUT2D eigenvalue weighted by atomic mass is 16.4. The zero-order chi connectivity index (χ0) is 18.4. The smallest absolute Gasteiger partial charge is 0.336 e. The van der Waals surface area contributed by atoms with Crippen molar-refractivity contribution in [2.24, 2.45) is 0 Å². The van der Waals surface area contributed by atoms with Crippen molar-refractivity contribution in [2.75, 3.05) is 33.2 Å². The summed E-state index contributed by atoms with van der Waals surface area (Å²) in [7, 11) is 1.67. The predicted octanol–water partition coefficient (Wildman–Crippen LogP) is 0.586. The van der Waals surface area contributed by atoms with E-state index in [1.807, 2.05) is 25.1 Å². The second kappa shape index (κ2) is 6.25. The van der Waals surface area contributed by atoms with Gasteiger partial charge in [-0.2, -0.15) is 0 Å². The maximum absolute atomic E-state index is 12.4. The van der Waals surface area contributed by atoms with Crippen LogP contribution in [0.15, 0.2) is 33.5 Å². The molecule has 3 heterocycles. The van der Waals surface area contributed by atoms with E-state index in [-0.39, 0.29) is 24.0 Å². The second-order valence-corrected chi connectivity index (χ2v) is 7.11. The Morgan fingerprint density at radius 1 is 1.15 bits per heavy atom. The summed E-state index contributed by atoms with van der Waals surface area (Å²) < 4.78 is 5.32. The normalized spacial score (nSPS) is 21.4. The predicted molar refractivity (Wildman–Crippen MR) is 95.6 cm³/mol. The number of carbonyl (C=O) groups is 2. The summed E-state index contributed by atoms with van der Waals surface area (Å²) in [4.78, 5) is 41.5. The van der Waals surface area contributed by atoms with Gasteiger partial charge in [-0.1, -0.05) is 12.1 Å². The number of benzene rings is 1. The lowest BCUT2D eigenvalue weighted by Crippen LogP contribution is -2.65. The van der Waals surface area contributed by atoms with Crippen LogP contribution in [0.2, 0.25) is 0 Å². The lowest BCUT2D eigenvalue weighted by Gasteiger charge is -2.45. The fraction of sp³-hybridized carbons (Fsp3) is 0.421. The van der Waals surface area contributed by atoms with Gasteiger partial charge < -0.3 is 14.2 Å². The van der Waals surface area contributed by atoms with Crippen LogP contribution in [-0.4, -0.2) is 65.8 Å². The van der Waals surface area contributed by atoms with E-state index in [0.29, 0.717) is 25.2 Å². The average Bonchev–Trinajstić information content (AvgIpc) is 2.59. The van der Waals surface area contributed by atoms with Gasteiger partial charge in [0.05, 0.1) is 6.54 Å². The van der Waals surface area contributed by atoms with Crippen molar-refractivity contribution < 1.29 is 14.0 Å². The molecule has 2 saturated heterocycles. The lowest BCUT2D eigenvalue weighted by molar-refractivity contribution is -0.158. The highest BCUT2D eigenvalue weighted by Crippen LogP contribution is 2.22. The van der Waals surface area contributed by atoms with Gasteiger partial charge in [0.15, 0.2) is 0 Å². The van der Waals surface area contributed by atoms with Gasteiger partial charge in [-0.05, 0) is 24.1 Å². The second-order valence-electron chi connectivity index (χ2n) is 7.11. The van der Waals surface area contributed by atoms with Crippen molar-refractivity contribution in [3.05, 3.63) is 45.8 Å². The van der Waals surface area contributed by atoms with Gasteiger partial charge in [0, 0.05) is 44.7 Å². The number of likely N-dealkylation sites (N-methyl/N-ethyl adjacent to an activating group) is 1. The van der Waals surface area contributed by atoms with Crippen molar-refractivity contribution >= 4 is 22.8 Å². The number of nitrogens with zero attached hydrogens (tertiary/aromatic N) is 3. The van der Waals surface area contributed by atoms with Gasteiger partial charge in [0.1, 0.15) is 11.6 Å². The maximum Gasteiger partial charge on any atom is 0.336 e. The summed E-state index contributed by atoms with van der Waals surface area (Å²) in [5.41, 5.74) is 2.14. The minimum Gasteiger partial charge on any atom is -0.423 e.